The molecule has 2 atom stereocenters. The van der Waals surface area contributed by atoms with Gasteiger partial charge in [-0.3, -0.25) is 9.59 Å². The number of carbonyl (C=O) groups is 2. The number of carbonyl (C=O) groups excluding carboxylic acids is 2. The molecule has 37 heavy (non-hydrogen) atoms. The lowest BCUT2D eigenvalue weighted by Crippen LogP contribution is -2.52. The van der Waals surface area contributed by atoms with Crippen molar-refractivity contribution in [1.82, 2.24) is 10.2 Å². The van der Waals surface area contributed by atoms with E-state index in [1.807, 2.05) is 75.4 Å². The summed E-state index contributed by atoms with van der Waals surface area (Å²) in [6, 6.07) is 22.8. The first kappa shape index (κ1) is 27.9. The maximum absolute atomic E-state index is 13.6. The molecule has 0 spiro atoms. The van der Waals surface area contributed by atoms with Gasteiger partial charge in [-0.2, -0.15) is 0 Å². The van der Waals surface area contributed by atoms with Crippen molar-refractivity contribution < 1.29 is 18.7 Å². The van der Waals surface area contributed by atoms with Crippen molar-refractivity contribution in [2.75, 3.05) is 6.61 Å². The molecule has 6 heteroatoms. The molecule has 0 aliphatic carbocycles. The molecular weight excluding hydrogens is 467 g/mol. The highest BCUT2D eigenvalue weighted by Crippen LogP contribution is 2.18. The van der Waals surface area contributed by atoms with Crippen LogP contribution in [0.5, 0.6) is 5.75 Å². The lowest BCUT2D eigenvalue weighted by atomic mass is 10.0. The second-order valence-corrected chi connectivity index (χ2v) is 9.44. The molecule has 3 rings (SSSR count). The fourth-order valence-corrected chi connectivity index (χ4v) is 3.97. The van der Waals surface area contributed by atoms with Crippen LogP contribution in [-0.4, -0.2) is 35.4 Å². The molecular formula is C31H37FN2O3. The van der Waals surface area contributed by atoms with Crippen LogP contribution in [0.4, 0.5) is 4.39 Å². The maximum atomic E-state index is 13.6. The van der Waals surface area contributed by atoms with Crippen LogP contribution in [0.2, 0.25) is 0 Å². The van der Waals surface area contributed by atoms with Gasteiger partial charge in [-0.15, -0.1) is 0 Å². The fraction of sp³-hybridized carbons (Fsp3) is 0.355. The molecule has 1 N–H and O–H groups in total. The van der Waals surface area contributed by atoms with E-state index in [-0.39, 0.29) is 36.6 Å². The van der Waals surface area contributed by atoms with Gasteiger partial charge in [-0.1, -0.05) is 67.1 Å². The van der Waals surface area contributed by atoms with E-state index in [4.69, 9.17) is 4.74 Å². The molecule has 0 unspecified atom stereocenters. The van der Waals surface area contributed by atoms with E-state index in [0.717, 1.165) is 28.9 Å². The highest BCUT2D eigenvalue weighted by molar-refractivity contribution is 5.88. The summed E-state index contributed by atoms with van der Waals surface area (Å²) in [5, 5.41) is 3.06. The zero-order valence-electron chi connectivity index (χ0n) is 22.0. The number of hydrogen-bond acceptors (Lipinski definition) is 3. The summed E-state index contributed by atoms with van der Waals surface area (Å²) in [5.74, 6) is 0.0861. The van der Waals surface area contributed by atoms with Gasteiger partial charge in [0.2, 0.25) is 11.8 Å². The minimum Gasteiger partial charge on any atom is -0.494 e. The van der Waals surface area contributed by atoms with Crippen LogP contribution < -0.4 is 10.1 Å². The molecule has 0 heterocycles. The summed E-state index contributed by atoms with van der Waals surface area (Å²) < 4.78 is 19.4. The molecule has 0 bridgehead atoms. The van der Waals surface area contributed by atoms with Gasteiger partial charge in [0.15, 0.2) is 0 Å². The van der Waals surface area contributed by atoms with E-state index >= 15 is 0 Å². The Bertz CT molecular complexity index is 1120. The summed E-state index contributed by atoms with van der Waals surface area (Å²) in [6.07, 6.45) is 1.91. The van der Waals surface area contributed by atoms with Gasteiger partial charge in [0, 0.05) is 25.4 Å². The lowest BCUT2D eigenvalue weighted by molar-refractivity contribution is -0.141. The van der Waals surface area contributed by atoms with Crippen LogP contribution in [0.15, 0.2) is 78.9 Å². The number of ether oxygens (including phenoxy) is 1. The standard InChI is InChI=1S/C31H37FN2O3/c1-4-24(3)33-31(36)29(21-25-9-6-5-7-10-25)34(22-26-14-16-27(32)17-15-26)30(35)11-8-20-37-28-18-12-23(2)13-19-28/h5-7,9-10,12-19,24,29H,4,8,11,20-22H2,1-3H3,(H,33,36)/t24-,29-/m0/s1. The fourth-order valence-electron chi connectivity index (χ4n) is 3.97. The van der Waals surface area contributed by atoms with E-state index < -0.39 is 6.04 Å². The monoisotopic (exact) mass is 504 g/mol. The Labute approximate surface area is 219 Å². The Morgan fingerprint density at radius 3 is 2.27 bits per heavy atom. The molecule has 2 amide bonds. The van der Waals surface area contributed by atoms with Crippen molar-refractivity contribution in [1.29, 1.82) is 0 Å². The largest absolute Gasteiger partial charge is 0.494 e. The Morgan fingerprint density at radius 1 is 0.946 bits per heavy atom. The Morgan fingerprint density at radius 2 is 1.62 bits per heavy atom. The molecule has 3 aromatic rings. The zero-order valence-corrected chi connectivity index (χ0v) is 22.0. The van der Waals surface area contributed by atoms with Crippen LogP contribution >= 0.6 is 0 Å². The van der Waals surface area contributed by atoms with Crippen molar-refractivity contribution in [2.24, 2.45) is 0 Å². The van der Waals surface area contributed by atoms with Crippen molar-refractivity contribution in [2.45, 2.75) is 65.1 Å². The van der Waals surface area contributed by atoms with E-state index in [0.29, 0.717) is 19.4 Å². The van der Waals surface area contributed by atoms with Crippen molar-refractivity contribution in [3.63, 3.8) is 0 Å². The van der Waals surface area contributed by atoms with E-state index in [9.17, 15) is 14.0 Å². The number of aryl methyl sites for hydroxylation is 1. The summed E-state index contributed by atoms with van der Waals surface area (Å²) in [6.45, 7) is 6.57. The Kier molecular flexibility index (Phi) is 10.7. The van der Waals surface area contributed by atoms with Crippen LogP contribution in [0.25, 0.3) is 0 Å². The predicted molar refractivity (Wildman–Crippen MR) is 145 cm³/mol. The van der Waals surface area contributed by atoms with Crippen molar-refractivity contribution in [3.8, 4) is 5.75 Å². The SMILES string of the molecule is CC[C@H](C)NC(=O)[C@H](Cc1ccccc1)N(Cc1ccc(F)cc1)C(=O)CCCOc1ccc(C)cc1. The van der Waals surface area contributed by atoms with Crippen molar-refractivity contribution >= 4 is 11.8 Å². The highest BCUT2D eigenvalue weighted by atomic mass is 19.1. The number of rotatable bonds is 13. The van der Waals surface area contributed by atoms with Gasteiger partial charge < -0.3 is 15.0 Å². The van der Waals surface area contributed by atoms with Crippen LogP contribution in [0.3, 0.4) is 0 Å². The minimum atomic E-state index is -0.702. The quantitative estimate of drug-likeness (QED) is 0.297. The molecule has 0 aromatic heterocycles. The first-order chi connectivity index (χ1) is 17.9. The normalized spacial score (nSPS) is 12.4. The third-order valence-corrected chi connectivity index (χ3v) is 6.36. The van der Waals surface area contributed by atoms with E-state index in [1.165, 1.54) is 12.1 Å². The Hall–Kier alpha value is -3.67. The Balaban J connectivity index is 1.78. The number of nitrogens with one attached hydrogen (secondary N) is 1. The molecule has 0 aliphatic rings. The van der Waals surface area contributed by atoms with E-state index in [2.05, 4.69) is 5.32 Å². The van der Waals surface area contributed by atoms with Crippen LogP contribution in [-0.2, 0) is 22.6 Å². The van der Waals surface area contributed by atoms with E-state index in [1.54, 1.807) is 17.0 Å². The third kappa shape index (κ3) is 9.05. The molecule has 0 radical (unpaired) electrons. The first-order valence-electron chi connectivity index (χ1n) is 12.9. The first-order valence-corrected chi connectivity index (χ1v) is 12.9. The van der Waals surface area contributed by atoms with Gasteiger partial charge in [0.05, 0.1) is 6.61 Å². The van der Waals surface area contributed by atoms with Crippen molar-refractivity contribution in [3.05, 3.63) is 101 Å². The smallest absolute Gasteiger partial charge is 0.243 e. The second-order valence-electron chi connectivity index (χ2n) is 9.44. The second kappa shape index (κ2) is 14.2. The average Bonchev–Trinajstić information content (AvgIpc) is 2.91. The summed E-state index contributed by atoms with van der Waals surface area (Å²) >= 11 is 0. The number of amides is 2. The number of hydrogen-bond donors (Lipinski definition) is 1. The summed E-state index contributed by atoms with van der Waals surface area (Å²) in [5.41, 5.74) is 2.88. The van der Waals surface area contributed by atoms with Gasteiger partial charge in [-0.05, 0) is 62.1 Å². The molecule has 0 fully saturated rings. The maximum Gasteiger partial charge on any atom is 0.243 e. The molecule has 0 saturated heterocycles. The van der Waals surface area contributed by atoms with Crippen LogP contribution in [0, 0.1) is 12.7 Å². The summed E-state index contributed by atoms with van der Waals surface area (Å²) in [4.78, 5) is 28.7. The zero-order chi connectivity index (χ0) is 26.6. The van der Waals surface area contributed by atoms with Gasteiger partial charge in [0.25, 0.3) is 0 Å². The average molecular weight is 505 g/mol. The number of benzene rings is 3. The molecule has 0 aliphatic heterocycles. The van der Waals surface area contributed by atoms with Gasteiger partial charge in [-0.25, -0.2) is 4.39 Å². The number of halogens is 1. The minimum absolute atomic E-state index is 0.0172. The number of nitrogens with zero attached hydrogens (tertiary/aromatic N) is 1. The molecule has 0 saturated carbocycles. The molecule has 196 valence electrons. The third-order valence-electron chi connectivity index (χ3n) is 6.36. The topological polar surface area (TPSA) is 58.6 Å². The summed E-state index contributed by atoms with van der Waals surface area (Å²) in [7, 11) is 0. The van der Waals surface area contributed by atoms with Gasteiger partial charge >= 0.3 is 0 Å². The molecule has 3 aromatic carbocycles. The molecule has 5 nitrogen and oxygen atoms in total. The lowest BCUT2D eigenvalue weighted by Gasteiger charge is -2.32. The van der Waals surface area contributed by atoms with Gasteiger partial charge in [0.1, 0.15) is 17.6 Å². The highest BCUT2D eigenvalue weighted by Gasteiger charge is 2.30. The van der Waals surface area contributed by atoms with Crippen LogP contribution in [0.1, 0.15) is 49.8 Å². The predicted octanol–water partition coefficient (Wildman–Crippen LogP) is 5.85.